The van der Waals surface area contributed by atoms with Crippen LogP contribution in [0.25, 0.3) is 0 Å². The molecule has 1 aliphatic heterocycles. The molecule has 0 radical (unpaired) electrons. The van der Waals surface area contributed by atoms with Gasteiger partial charge in [0.25, 0.3) is 5.91 Å². The number of hydrogen-bond donors (Lipinski definition) is 1. The molecule has 1 saturated carbocycles. The molecule has 1 aromatic heterocycles. The minimum atomic E-state index is -0.125. The Labute approximate surface area is 134 Å². The minimum Gasteiger partial charge on any atom is -0.365 e. The molecule has 2 heterocycles. The zero-order valence-corrected chi connectivity index (χ0v) is 12.9. The first-order chi connectivity index (χ1) is 11.3. The molecule has 120 valence electrons. The Hall–Kier alpha value is -2.21. The first kappa shape index (κ1) is 14.4. The van der Waals surface area contributed by atoms with Gasteiger partial charge in [0.1, 0.15) is 6.10 Å². The van der Waals surface area contributed by atoms with Crippen molar-refractivity contribution >= 4 is 5.91 Å². The van der Waals surface area contributed by atoms with Crippen LogP contribution in [0.15, 0.2) is 30.3 Å². The van der Waals surface area contributed by atoms with E-state index in [0.717, 1.165) is 24.1 Å². The van der Waals surface area contributed by atoms with Gasteiger partial charge in [-0.2, -0.15) is 0 Å². The van der Waals surface area contributed by atoms with Crippen molar-refractivity contribution in [1.82, 2.24) is 20.3 Å². The summed E-state index contributed by atoms with van der Waals surface area (Å²) in [5.74, 6) is -0.125. The lowest BCUT2D eigenvalue weighted by Gasteiger charge is -2.24. The molecule has 1 aliphatic carbocycles. The van der Waals surface area contributed by atoms with Crippen molar-refractivity contribution < 1.29 is 9.53 Å². The molecule has 4 rings (SSSR count). The van der Waals surface area contributed by atoms with Gasteiger partial charge < -0.3 is 10.1 Å². The molecule has 0 bridgehead atoms. The first-order valence-electron chi connectivity index (χ1n) is 8.21. The number of carbonyl (C=O) groups excluding carboxylic acids is 1. The molecule has 6 nitrogen and oxygen atoms in total. The molecule has 2 aliphatic rings. The summed E-state index contributed by atoms with van der Waals surface area (Å²) in [4.78, 5) is 12.4. The minimum absolute atomic E-state index is 0.0452. The third-order valence-corrected chi connectivity index (χ3v) is 4.67. The van der Waals surface area contributed by atoms with Crippen LogP contribution < -0.4 is 5.32 Å². The normalized spacial score (nSPS) is 21.1. The quantitative estimate of drug-likeness (QED) is 0.943. The summed E-state index contributed by atoms with van der Waals surface area (Å²) >= 11 is 0. The van der Waals surface area contributed by atoms with Gasteiger partial charge in [0.05, 0.1) is 18.8 Å². The molecule has 1 N–H and O–H groups in total. The average molecular weight is 312 g/mol. The van der Waals surface area contributed by atoms with E-state index in [4.69, 9.17) is 4.74 Å². The Morgan fingerprint density at radius 1 is 1.22 bits per heavy atom. The van der Waals surface area contributed by atoms with Gasteiger partial charge in [-0.15, -0.1) is 5.10 Å². The Balaban J connectivity index is 1.49. The number of amides is 1. The third-order valence-electron chi connectivity index (χ3n) is 4.67. The number of nitrogens with zero attached hydrogens (tertiary/aromatic N) is 3. The Kier molecular flexibility index (Phi) is 3.83. The number of carbonyl (C=O) groups is 1. The lowest BCUT2D eigenvalue weighted by molar-refractivity contribution is -0.00178. The molecule has 0 spiro atoms. The number of nitrogens with one attached hydrogen (secondary N) is 1. The number of rotatable bonds is 3. The van der Waals surface area contributed by atoms with Crippen molar-refractivity contribution in [2.75, 3.05) is 0 Å². The highest BCUT2D eigenvalue weighted by Gasteiger charge is 2.28. The van der Waals surface area contributed by atoms with Gasteiger partial charge >= 0.3 is 0 Å². The highest BCUT2D eigenvalue weighted by atomic mass is 16.5. The number of aromatic nitrogens is 3. The van der Waals surface area contributed by atoms with Crippen LogP contribution in [0.3, 0.4) is 0 Å². The van der Waals surface area contributed by atoms with E-state index in [0.29, 0.717) is 18.8 Å². The van der Waals surface area contributed by atoms with Crippen LogP contribution in [0.1, 0.15) is 53.5 Å². The van der Waals surface area contributed by atoms with Crippen LogP contribution in [-0.2, 0) is 17.9 Å². The molecular weight excluding hydrogens is 292 g/mol. The van der Waals surface area contributed by atoms with Crippen LogP contribution in [0.4, 0.5) is 0 Å². The average Bonchev–Trinajstić information content (AvgIpc) is 3.24. The highest BCUT2D eigenvalue weighted by Crippen LogP contribution is 2.27. The van der Waals surface area contributed by atoms with Gasteiger partial charge in [0.15, 0.2) is 5.69 Å². The van der Waals surface area contributed by atoms with Gasteiger partial charge in [0, 0.05) is 6.04 Å². The number of ether oxygens (including phenoxy) is 1. The topological polar surface area (TPSA) is 69.0 Å². The molecule has 1 aromatic carbocycles. The molecule has 1 amide bonds. The maximum atomic E-state index is 12.4. The fraction of sp³-hybridized carbons (Fsp3) is 0.471. The van der Waals surface area contributed by atoms with E-state index in [1.54, 1.807) is 4.68 Å². The standard InChI is InChI=1S/C17H20N4O2/c22-17(18-13-8-4-5-9-13)16-14-11-23-15(10-21(14)20-19-16)12-6-2-1-3-7-12/h1-3,6-7,13,15H,4-5,8-11H2,(H,18,22)/t15-/m1/s1. The second-order valence-electron chi connectivity index (χ2n) is 6.23. The predicted octanol–water partition coefficient (Wildman–Crippen LogP) is 2.22. The lowest BCUT2D eigenvalue weighted by Crippen LogP contribution is -2.34. The van der Waals surface area contributed by atoms with Crippen LogP contribution in [0.5, 0.6) is 0 Å². The van der Waals surface area contributed by atoms with Crippen molar-refractivity contribution in [3.63, 3.8) is 0 Å². The fourth-order valence-corrected chi connectivity index (χ4v) is 3.38. The summed E-state index contributed by atoms with van der Waals surface area (Å²) in [5, 5.41) is 11.3. The van der Waals surface area contributed by atoms with Crippen molar-refractivity contribution in [3.8, 4) is 0 Å². The molecule has 6 heteroatoms. The summed E-state index contributed by atoms with van der Waals surface area (Å²) in [7, 11) is 0. The lowest BCUT2D eigenvalue weighted by atomic mass is 10.1. The van der Waals surface area contributed by atoms with E-state index in [-0.39, 0.29) is 18.1 Å². The summed E-state index contributed by atoms with van der Waals surface area (Å²) < 4.78 is 7.73. The zero-order valence-electron chi connectivity index (χ0n) is 12.9. The second kappa shape index (κ2) is 6.12. The van der Waals surface area contributed by atoms with E-state index in [1.165, 1.54) is 12.8 Å². The Bertz CT molecular complexity index is 692. The number of fused-ring (bicyclic) bond motifs is 1. The summed E-state index contributed by atoms with van der Waals surface area (Å²) in [5.41, 5.74) is 2.29. The molecule has 0 unspecified atom stereocenters. The van der Waals surface area contributed by atoms with E-state index in [1.807, 2.05) is 30.3 Å². The fourth-order valence-electron chi connectivity index (χ4n) is 3.38. The second-order valence-corrected chi connectivity index (χ2v) is 6.23. The van der Waals surface area contributed by atoms with Gasteiger partial charge in [-0.05, 0) is 18.4 Å². The number of hydrogen-bond acceptors (Lipinski definition) is 4. The summed E-state index contributed by atoms with van der Waals surface area (Å²) in [6.07, 6.45) is 4.44. The number of benzene rings is 1. The smallest absolute Gasteiger partial charge is 0.274 e. The third kappa shape index (κ3) is 2.86. The maximum absolute atomic E-state index is 12.4. The molecule has 1 atom stereocenters. The molecular formula is C17H20N4O2. The van der Waals surface area contributed by atoms with Crippen molar-refractivity contribution in [2.45, 2.75) is 51.0 Å². The largest absolute Gasteiger partial charge is 0.365 e. The molecule has 2 aromatic rings. The van der Waals surface area contributed by atoms with E-state index < -0.39 is 0 Å². The van der Waals surface area contributed by atoms with Crippen LogP contribution in [0, 0.1) is 0 Å². The molecule has 23 heavy (non-hydrogen) atoms. The first-order valence-corrected chi connectivity index (χ1v) is 8.21. The van der Waals surface area contributed by atoms with Gasteiger partial charge in [-0.3, -0.25) is 4.79 Å². The van der Waals surface area contributed by atoms with Gasteiger partial charge in [-0.25, -0.2) is 4.68 Å². The van der Waals surface area contributed by atoms with Crippen LogP contribution in [0.2, 0.25) is 0 Å². The Morgan fingerprint density at radius 2 is 2.00 bits per heavy atom. The highest BCUT2D eigenvalue weighted by molar-refractivity contribution is 5.93. The Morgan fingerprint density at radius 3 is 2.78 bits per heavy atom. The molecule has 1 fully saturated rings. The van der Waals surface area contributed by atoms with Gasteiger partial charge in [0.2, 0.25) is 0 Å². The summed E-state index contributed by atoms with van der Waals surface area (Å²) in [6.45, 7) is 0.947. The van der Waals surface area contributed by atoms with Crippen LogP contribution >= 0.6 is 0 Å². The van der Waals surface area contributed by atoms with Crippen LogP contribution in [-0.4, -0.2) is 26.9 Å². The monoisotopic (exact) mass is 312 g/mol. The van der Waals surface area contributed by atoms with E-state index in [9.17, 15) is 4.79 Å². The van der Waals surface area contributed by atoms with E-state index >= 15 is 0 Å². The van der Waals surface area contributed by atoms with Gasteiger partial charge in [-0.1, -0.05) is 48.4 Å². The van der Waals surface area contributed by atoms with E-state index in [2.05, 4.69) is 15.6 Å². The van der Waals surface area contributed by atoms with Crippen molar-refractivity contribution in [1.29, 1.82) is 0 Å². The van der Waals surface area contributed by atoms with Crippen molar-refractivity contribution in [2.24, 2.45) is 0 Å². The van der Waals surface area contributed by atoms with Crippen molar-refractivity contribution in [3.05, 3.63) is 47.3 Å². The molecule has 0 saturated heterocycles. The predicted molar refractivity (Wildman–Crippen MR) is 83.7 cm³/mol. The maximum Gasteiger partial charge on any atom is 0.274 e. The zero-order chi connectivity index (χ0) is 15.6. The summed E-state index contributed by atoms with van der Waals surface area (Å²) in [6, 6.07) is 10.3. The SMILES string of the molecule is O=C(NC1CCCC1)c1nnn2c1CO[C@@H](c1ccccc1)C2.